The number of benzene rings is 2. The Bertz CT molecular complexity index is 1020. The molecule has 0 saturated heterocycles. The van der Waals surface area contributed by atoms with Crippen LogP contribution < -0.4 is 11.1 Å². The number of nitrogen functional groups attached to an aromatic ring is 1. The molecule has 1 amide bonds. The van der Waals surface area contributed by atoms with Crippen LogP contribution in [-0.4, -0.2) is 10.9 Å². The Kier molecular flexibility index (Phi) is 3.82. The summed E-state index contributed by atoms with van der Waals surface area (Å²) in [5.74, 6) is -0.137. The van der Waals surface area contributed by atoms with Crippen molar-refractivity contribution in [3.05, 3.63) is 63.5 Å². The second-order valence-electron chi connectivity index (χ2n) is 5.87. The number of anilines is 2. The van der Waals surface area contributed by atoms with Crippen molar-refractivity contribution in [2.45, 2.75) is 6.92 Å². The highest BCUT2D eigenvalue weighted by molar-refractivity contribution is 7.13. The van der Waals surface area contributed by atoms with Crippen LogP contribution in [0.15, 0.2) is 41.8 Å². The SMILES string of the molecule is Cc1ccc(/C=C2/C(=O)Nc3cc(Cl)c(-c4csc(N)n4)cc32)cc1. The number of carbonyl (C=O) groups is 1. The molecule has 3 aromatic rings. The van der Waals surface area contributed by atoms with Gasteiger partial charge in [0.25, 0.3) is 5.91 Å². The summed E-state index contributed by atoms with van der Waals surface area (Å²) in [6.07, 6.45) is 1.88. The smallest absolute Gasteiger partial charge is 0.256 e. The molecule has 124 valence electrons. The van der Waals surface area contributed by atoms with Gasteiger partial charge in [-0.05, 0) is 30.7 Å². The molecule has 1 aliphatic rings. The summed E-state index contributed by atoms with van der Waals surface area (Å²) in [6, 6.07) is 11.7. The Morgan fingerprint density at radius 2 is 1.96 bits per heavy atom. The van der Waals surface area contributed by atoms with Gasteiger partial charge in [-0.25, -0.2) is 4.98 Å². The van der Waals surface area contributed by atoms with Gasteiger partial charge in [0.1, 0.15) is 0 Å². The van der Waals surface area contributed by atoms with Crippen molar-refractivity contribution in [3.63, 3.8) is 0 Å². The lowest BCUT2D eigenvalue weighted by molar-refractivity contribution is -0.110. The lowest BCUT2D eigenvalue weighted by atomic mass is 10.0. The monoisotopic (exact) mass is 367 g/mol. The molecule has 2 aromatic carbocycles. The van der Waals surface area contributed by atoms with Crippen LogP contribution in [0.1, 0.15) is 16.7 Å². The second-order valence-corrected chi connectivity index (χ2v) is 7.17. The predicted octanol–water partition coefficient (Wildman–Crippen LogP) is 4.85. The number of nitrogens with two attached hydrogens (primary N) is 1. The number of amides is 1. The zero-order valence-corrected chi connectivity index (χ0v) is 14.9. The van der Waals surface area contributed by atoms with E-state index in [2.05, 4.69) is 10.3 Å². The molecule has 2 heterocycles. The number of aryl methyl sites for hydroxylation is 1. The maximum Gasteiger partial charge on any atom is 0.256 e. The summed E-state index contributed by atoms with van der Waals surface area (Å²) in [7, 11) is 0. The molecule has 0 saturated carbocycles. The van der Waals surface area contributed by atoms with E-state index >= 15 is 0 Å². The molecule has 4 nitrogen and oxygen atoms in total. The van der Waals surface area contributed by atoms with E-state index in [1.165, 1.54) is 16.9 Å². The first-order valence-electron chi connectivity index (χ1n) is 7.66. The average molecular weight is 368 g/mol. The zero-order chi connectivity index (χ0) is 17.6. The number of halogens is 1. The van der Waals surface area contributed by atoms with Crippen LogP contribution >= 0.6 is 22.9 Å². The summed E-state index contributed by atoms with van der Waals surface area (Å²) in [5.41, 5.74) is 11.5. The molecular weight excluding hydrogens is 354 g/mol. The van der Waals surface area contributed by atoms with Gasteiger partial charge >= 0.3 is 0 Å². The first-order valence-corrected chi connectivity index (χ1v) is 8.92. The first-order chi connectivity index (χ1) is 12.0. The fourth-order valence-corrected chi connectivity index (χ4v) is 3.62. The summed E-state index contributed by atoms with van der Waals surface area (Å²) in [6.45, 7) is 2.03. The highest BCUT2D eigenvalue weighted by Crippen LogP contribution is 2.40. The van der Waals surface area contributed by atoms with Gasteiger partial charge in [-0.3, -0.25) is 4.79 Å². The van der Waals surface area contributed by atoms with Crippen molar-refractivity contribution in [1.29, 1.82) is 0 Å². The zero-order valence-electron chi connectivity index (χ0n) is 13.3. The predicted molar refractivity (Wildman–Crippen MR) is 105 cm³/mol. The minimum Gasteiger partial charge on any atom is -0.375 e. The lowest BCUT2D eigenvalue weighted by Gasteiger charge is -2.06. The second kappa shape index (κ2) is 6.02. The van der Waals surface area contributed by atoms with Crippen LogP contribution in [0.4, 0.5) is 10.8 Å². The van der Waals surface area contributed by atoms with Crippen LogP contribution in [0, 0.1) is 6.92 Å². The van der Waals surface area contributed by atoms with Crippen LogP contribution in [-0.2, 0) is 4.79 Å². The number of nitrogens with one attached hydrogen (secondary N) is 1. The molecule has 0 spiro atoms. The largest absolute Gasteiger partial charge is 0.375 e. The summed E-state index contributed by atoms with van der Waals surface area (Å²) in [5, 5.41) is 5.74. The van der Waals surface area contributed by atoms with E-state index in [9.17, 15) is 4.79 Å². The fraction of sp³-hybridized carbons (Fsp3) is 0.0526. The molecule has 1 aliphatic heterocycles. The highest BCUT2D eigenvalue weighted by Gasteiger charge is 2.26. The van der Waals surface area contributed by atoms with Gasteiger partial charge in [-0.2, -0.15) is 0 Å². The van der Waals surface area contributed by atoms with E-state index in [0.29, 0.717) is 27.1 Å². The fourth-order valence-electron chi connectivity index (χ4n) is 2.79. The molecule has 25 heavy (non-hydrogen) atoms. The molecule has 0 aliphatic carbocycles. The first kappa shape index (κ1) is 15.9. The molecule has 3 N–H and O–H groups in total. The number of rotatable bonds is 2. The molecular formula is C19H14ClN3OS. The molecule has 6 heteroatoms. The molecule has 0 atom stereocenters. The summed E-state index contributed by atoms with van der Waals surface area (Å²) in [4.78, 5) is 16.7. The van der Waals surface area contributed by atoms with Gasteiger partial charge in [0.15, 0.2) is 5.13 Å². The number of nitrogens with zero attached hydrogens (tertiary/aromatic N) is 1. The number of hydrogen-bond donors (Lipinski definition) is 2. The molecule has 0 fully saturated rings. The van der Waals surface area contributed by atoms with Crippen LogP contribution in [0.3, 0.4) is 0 Å². The molecule has 0 bridgehead atoms. The standard InChI is InChI=1S/C19H14ClN3OS/c1-10-2-4-11(5-3-10)6-13-12-7-14(17-9-25-19(21)23-17)15(20)8-16(12)22-18(13)24/h2-9H,1H3,(H2,21,23)(H,22,24)/b13-6+. The van der Waals surface area contributed by atoms with Crippen LogP contribution in [0.5, 0.6) is 0 Å². The van der Waals surface area contributed by atoms with Crippen molar-refractivity contribution in [1.82, 2.24) is 4.98 Å². The molecule has 0 radical (unpaired) electrons. The average Bonchev–Trinajstić information content (AvgIpc) is 3.12. The van der Waals surface area contributed by atoms with E-state index in [1.54, 1.807) is 6.07 Å². The van der Waals surface area contributed by atoms with Crippen molar-refractivity contribution in [3.8, 4) is 11.3 Å². The third-order valence-electron chi connectivity index (χ3n) is 4.08. The van der Waals surface area contributed by atoms with Gasteiger partial charge in [-0.1, -0.05) is 41.4 Å². The number of carbonyl (C=O) groups excluding carboxylic acids is 1. The maximum atomic E-state index is 12.4. The summed E-state index contributed by atoms with van der Waals surface area (Å²) < 4.78 is 0. The van der Waals surface area contributed by atoms with Crippen LogP contribution in [0.2, 0.25) is 5.02 Å². The maximum absolute atomic E-state index is 12.4. The normalized spacial score (nSPS) is 14.6. The quantitative estimate of drug-likeness (QED) is 0.636. The van der Waals surface area contributed by atoms with Crippen molar-refractivity contribution < 1.29 is 4.79 Å². The van der Waals surface area contributed by atoms with E-state index < -0.39 is 0 Å². The van der Waals surface area contributed by atoms with Crippen molar-refractivity contribution in [2.75, 3.05) is 11.1 Å². The Balaban J connectivity index is 1.83. The Labute approximate surface area is 154 Å². The van der Waals surface area contributed by atoms with E-state index in [1.807, 2.05) is 48.7 Å². The van der Waals surface area contributed by atoms with E-state index in [0.717, 1.165) is 16.7 Å². The van der Waals surface area contributed by atoms with Crippen LogP contribution in [0.25, 0.3) is 22.9 Å². The van der Waals surface area contributed by atoms with Gasteiger partial charge in [0, 0.05) is 22.1 Å². The summed E-state index contributed by atoms with van der Waals surface area (Å²) >= 11 is 7.74. The number of aromatic nitrogens is 1. The lowest BCUT2D eigenvalue weighted by Crippen LogP contribution is -2.03. The Hall–Kier alpha value is -2.63. The molecule has 4 rings (SSSR count). The van der Waals surface area contributed by atoms with Gasteiger partial charge in [0.2, 0.25) is 0 Å². The van der Waals surface area contributed by atoms with Gasteiger partial charge in [-0.15, -0.1) is 11.3 Å². The van der Waals surface area contributed by atoms with Gasteiger partial charge in [0.05, 0.1) is 16.4 Å². The van der Waals surface area contributed by atoms with E-state index in [4.69, 9.17) is 17.3 Å². The van der Waals surface area contributed by atoms with E-state index in [-0.39, 0.29) is 5.91 Å². The number of fused-ring (bicyclic) bond motifs is 1. The molecule has 1 aromatic heterocycles. The third-order valence-corrected chi connectivity index (χ3v) is 5.06. The third kappa shape index (κ3) is 2.92. The minimum absolute atomic E-state index is 0.137. The Morgan fingerprint density at radius 1 is 1.20 bits per heavy atom. The molecule has 0 unspecified atom stereocenters. The number of thiazole rings is 1. The van der Waals surface area contributed by atoms with Crippen molar-refractivity contribution >= 4 is 51.3 Å². The topological polar surface area (TPSA) is 68.0 Å². The van der Waals surface area contributed by atoms with Gasteiger partial charge < -0.3 is 11.1 Å². The minimum atomic E-state index is -0.137. The van der Waals surface area contributed by atoms with Crippen molar-refractivity contribution in [2.24, 2.45) is 0 Å². The highest BCUT2D eigenvalue weighted by atomic mass is 35.5. The number of hydrogen-bond acceptors (Lipinski definition) is 4. The Morgan fingerprint density at radius 3 is 2.64 bits per heavy atom.